The summed E-state index contributed by atoms with van der Waals surface area (Å²) < 4.78 is 10.3. The lowest BCUT2D eigenvalue weighted by Crippen LogP contribution is -2.03. The topological polar surface area (TPSA) is 51.2 Å². The monoisotopic (exact) mass is 298 g/mol. The second-order valence-electron chi connectivity index (χ2n) is 4.57. The van der Waals surface area contributed by atoms with E-state index in [1.807, 2.05) is 24.3 Å². The van der Waals surface area contributed by atoms with Gasteiger partial charge in [-0.1, -0.05) is 24.3 Å². The third kappa shape index (κ3) is 2.87. The average Bonchev–Trinajstić information content (AvgIpc) is 2.96. The van der Waals surface area contributed by atoms with Gasteiger partial charge >= 0.3 is 5.97 Å². The van der Waals surface area contributed by atoms with Gasteiger partial charge in [-0.3, -0.25) is 0 Å². The Balaban J connectivity index is 1.71. The van der Waals surface area contributed by atoms with Crippen LogP contribution in [-0.2, 0) is 11.3 Å². The van der Waals surface area contributed by atoms with Gasteiger partial charge in [-0.25, -0.2) is 4.79 Å². The van der Waals surface area contributed by atoms with Crippen molar-refractivity contribution in [3.63, 3.8) is 0 Å². The fourth-order valence-electron chi connectivity index (χ4n) is 2.08. The molecule has 0 amide bonds. The number of carbonyl (C=O) groups is 1. The van der Waals surface area contributed by atoms with Crippen LogP contribution in [0.15, 0.2) is 48.5 Å². The quantitative estimate of drug-likeness (QED) is 0.746. The first kappa shape index (κ1) is 13.6. The molecule has 1 N–H and O–H groups in total. The second kappa shape index (κ2) is 5.93. The number of methoxy groups -OCH3 is 1. The molecule has 0 saturated carbocycles. The molecule has 0 fully saturated rings. The number of hydrogen-bond donors (Lipinski definition) is 1. The maximum atomic E-state index is 11.4. The van der Waals surface area contributed by atoms with E-state index in [-0.39, 0.29) is 5.97 Å². The third-order valence-electron chi connectivity index (χ3n) is 3.21. The summed E-state index contributed by atoms with van der Waals surface area (Å²) in [6, 6.07) is 15.5. The molecule has 2 aromatic carbocycles. The number of aromatic nitrogens is 1. The van der Waals surface area contributed by atoms with E-state index in [1.165, 1.54) is 23.3 Å². The molecule has 0 atom stereocenters. The van der Waals surface area contributed by atoms with Crippen molar-refractivity contribution in [2.45, 2.75) is 6.54 Å². The van der Waals surface area contributed by atoms with Crippen molar-refractivity contribution in [2.75, 3.05) is 12.4 Å². The minimum Gasteiger partial charge on any atom is -0.465 e. The largest absolute Gasteiger partial charge is 0.465 e. The fraction of sp³-hybridized carbons (Fsp3) is 0.125. The molecule has 0 unspecified atom stereocenters. The van der Waals surface area contributed by atoms with E-state index in [4.69, 9.17) is 0 Å². The maximum absolute atomic E-state index is 11.4. The lowest BCUT2D eigenvalue weighted by Gasteiger charge is -2.05. The summed E-state index contributed by atoms with van der Waals surface area (Å²) in [4.78, 5) is 11.4. The number of esters is 1. The fourth-order valence-corrected chi connectivity index (χ4v) is 2.83. The second-order valence-corrected chi connectivity index (χ2v) is 5.37. The molecule has 1 heterocycles. The van der Waals surface area contributed by atoms with E-state index in [0.29, 0.717) is 12.1 Å². The molecule has 0 radical (unpaired) electrons. The molecule has 1 aromatic heterocycles. The number of ether oxygens (including phenoxy) is 1. The normalized spacial score (nSPS) is 10.5. The Morgan fingerprint density at radius 1 is 1.19 bits per heavy atom. The standard InChI is InChI=1S/C16H14N2O2S/c1-20-16(19)12-8-6-11(7-9-12)10-17-15-13-4-2-3-5-14(13)21-18-15/h2-9H,10H2,1H3,(H,17,18). The van der Waals surface area contributed by atoms with Gasteiger partial charge in [0.05, 0.1) is 17.4 Å². The molecule has 106 valence electrons. The van der Waals surface area contributed by atoms with Crippen molar-refractivity contribution in [3.8, 4) is 0 Å². The first-order valence-electron chi connectivity index (χ1n) is 6.53. The summed E-state index contributed by atoms with van der Waals surface area (Å²) in [6.07, 6.45) is 0. The molecule has 4 nitrogen and oxygen atoms in total. The molecule has 21 heavy (non-hydrogen) atoms. The first-order chi connectivity index (χ1) is 10.3. The number of nitrogens with zero attached hydrogens (tertiary/aromatic N) is 1. The Bertz CT molecular complexity index is 765. The Morgan fingerprint density at radius 2 is 1.95 bits per heavy atom. The van der Waals surface area contributed by atoms with E-state index >= 15 is 0 Å². The highest BCUT2D eigenvalue weighted by Crippen LogP contribution is 2.26. The highest BCUT2D eigenvalue weighted by molar-refractivity contribution is 7.13. The lowest BCUT2D eigenvalue weighted by atomic mass is 10.1. The number of nitrogens with one attached hydrogen (secondary N) is 1. The highest BCUT2D eigenvalue weighted by Gasteiger charge is 2.06. The van der Waals surface area contributed by atoms with E-state index < -0.39 is 0 Å². The Hall–Kier alpha value is -2.40. The van der Waals surface area contributed by atoms with Gasteiger partial charge < -0.3 is 10.1 Å². The van der Waals surface area contributed by atoms with Crippen molar-refractivity contribution >= 4 is 33.4 Å². The molecule has 3 aromatic rings. The van der Waals surface area contributed by atoms with Crippen LogP contribution in [0.3, 0.4) is 0 Å². The number of carbonyl (C=O) groups excluding carboxylic acids is 1. The predicted octanol–water partition coefficient (Wildman–Crippen LogP) is 3.70. The van der Waals surface area contributed by atoms with Gasteiger partial charge in [0, 0.05) is 11.9 Å². The zero-order valence-electron chi connectivity index (χ0n) is 11.5. The molecule has 0 bridgehead atoms. The number of anilines is 1. The third-order valence-corrected chi connectivity index (χ3v) is 4.04. The molecule has 5 heteroatoms. The van der Waals surface area contributed by atoms with Crippen molar-refractivity contribution in [2.24, 2.45) is 0 Å². The summed E-state index contributed by atoms with van der Waals surface area (Å²) in [5.41, 5.74) is 1.64. The Labute approximate surface area is 126 Å². The van der Waals surface area contributed by atoms with Crippen LogP contribution >= 0.6 is 11.5 Å². The number of fused-ring (bicyclic) bond motifs is 1. The minimum atomic E-state index is -0.319. The van der Waals surface area contributed by atoms with Crippen LogP contribution in [0, 0.1) is 0 Å². The van der Waals surface area contributed by atoms with Crippen molar-refractivity contribution in [1.29, 1.82) is 0 Å². The summed E-state index contributed by atoms with van der Waals surface area (Å²) in [5.74, 6) is 0.577. The Kier molecular flexibility index (Phi) is 3.83. The van der Waals surface area contributed by atoms with Gasteiger partial charge in [0.25, 0.3) is 0 Å². The molecule has 0 aliphatic heterocycles. The van der Waals surface area contributed by atoms with Crippen LogP contribution in [-0.4, -0.2) is 17.5 Å². The Morgan fingerprint density at radius 3 is 2.71 bits per heavy atom. The molecule has 0 spiro atoms. The van der Waals surface area contributed by atoms with Gasteiger partial charge in [0.2, 0.25) is 0 Å². The zero-order chi connectivity index (χ0) is 14.7. The molecular formula is C16H14N2O2S. The lowest BCUT2D eigenvalue weighted by molar-refractivity contribution is 0.0600. The van der Waals surface area contributed by atoms with Crippen LogP contribution in [0.5, 0.6) is 0 Å². The van der Waals surface area contributed by atoms with E-state index in [0.717, 1.165) is 16.8 Å². The van der Waals surface area contributed by atoms with E-state index in [1.54, 1.807) is 12.1 Å². The summed E-state index contributed by atoms with van der Waals surface area (Å²) in [7, 11) is 1.38. The van der Waals surface area contributed by atoms with E-state index in [9.17, 15) is 4.79 Å². The molecule has 0 aliphatic carbocycles. The molecular weight excluding hydrogens is 284 g/mol. The molecule has 3 rings (SSSR count). The summed E-state index contributed by atoms with van der Waals surface area (Å²) >= 11 is 1.48. The highest BCUT2D eigenvalue weighted by atomic mass is 32.1. The summed E-state index contributed by atoms with van der Waals surface area (Å²) in [6.45, 7) is 0.662. The van der Waals surface area contributed by atoms with Crippen LogP contribution < -0.4 is 5.32 Å². The van der Waals surface area contributed by atoms with Crippen molar-refractivity contribution in [1.82, 2.24) is 4.37 Å². The minimum absolute atomic E-state index is 0.319. The SMILES string of the molecule is COC(=O)c1ccc(CNc2nsc3ccccc23)cc1. The van der Waals surface area contributed by atoms with Crippen LogP contribution in [0.1, 0.15) is 15.9 Å². The average molecular weight is 298 g/mol. The number of benzene rings is 2. The van der Waals surface area contributed by atoms with Gasteiger partial charge in [0.15, 0.2) is 0 Å². The van der Waals surface area contributed by atoms with Crippen LogP contribution in [0.2, 0.25) is 0 Å². The van der Waals surface area contributed by atoms with Gasteiger partial charge in [-0.2, -0.15) is 4.37 Å². The summed E-state index contributed by atoms with van der Waals surface area (Å²) in [5, 5.41) is 4.46. The number of hydrogen-bond acceptors (Lipinski definition) is 5. The van der Waals surface area contributed by atoms with Gasteiger partial charge in [0.1, 0.15) is 5.82 Å². The van der Waals surface area contributed by atoms with Crippen LogP contribution in [0.25, 0.3) is 10.1 Å². The first-order valence-corrected chi connectivity index (χ1v) is 7.31. The van der Waals surface area contributed by atoms with Crippen LogP contribution in [0.4, 0.5) is 5.82 Å². The molecule has 0 saturated heterocycles. The molecule has 0 aliphatic rings. The smallest absolute Gasteiger partial charge is 0.337 e. The van der Waals surface area contributed by atoms with Crippen molar-refractivity contribution in [3.05, 3.63) is 59.7 Å². The maximum Gasteiger partial charge on any atom is 0.337 e. The predicted molar refractivity (Wildman–Crippen MR) is 84.7 cm³/mol. The van der Waals surface area contributed by atoms with Gasteiger partial charge in [-0.15, -0.1) is 0 Å². The van der Waals surface area contributed by atoms with Gasteiger partial charge in [-0.05, 0) is 41.4 Å². The zero-order valence-corrected chi connectivity index (χ0v) is 12.3. The number of rotatable bonds is 4. The van der Waals surface area contributed by atoms with E-state index in [2.05, 4.69) is 26.6 Å². The van der Waals surface area contributed by atoms with Crippen molar-refractivity contribution < 1.29 is 9.53 Å².